The minimum absolute atomic E-state index is 0.152. The number of ether oxygens (including phenoxy) is 2. The standard InChI is InChI=1S/C32H36N2O4/c1-7-37-31(35)29-19(3)25(21(5)33-29)27(23-15-11-9-12-16-23)28(24-17-13-10-14-18-24)26-20(4)30(34-22(26)6)32(36)38-8-2/h9-18,27-28,33-34H,7-8H2,1-6H3/t27-,28-/m0/s1. The predicted octanol–water partition coefficient (Wildman–Crippen LogP) is 6.89. The van der Waals surface area contributed by atoms with E-state index in [1.54, 1.807) is 13.8 Å². The van der Waals surface area contributed by atoms with Crippen LogP contribution in [0.5, 0.6) is 0 Å². The third kappa shape index (κ3) is 5.03. The summed E-state index contributed by atoms with van der Waals surface area (Å²) in [6.07, 6.45) is 0. The van der Waals surface area contributed by atoms with Gasteiger partial charge in [0.05, 0.1) is 13.2 Å². The average Bonchev–Trinajstić information content (AvgIpc) is 3.38. The van der Waals surface area contributed by atoms with Crippen LogP contribution in [0.15, 0.2) is 60.7 Å². The summed E-state index contributed by atoms with van der Waals surface area (Å²) in [5.74, 6) is -1.02. The highest BCUT2D eigenvalue weighted by atomic mass is 16.5. The Kier molecular flexibility index (Phi) is 8.20. The molecular formula is C32H36N2O4. The zero-order valence-electron chi connectivity index (χ0n) is 23.0. The summed E-state index contributed by atoms with van der Waals surface area (Å²) >= 11 is 0. The molecule has 2 aromatic heterocycles. The van der Waals surface area contributed by atoms with Crippen molar-refractivity contribution in [3.05, 3.63) is 117 Å². The van der Waals surface area contributed by atoms with Crippen molar-refractivity contribution >= 4 is 11.9 Å². The summed E-state index contributed by atoms with van der Waals surface area (Å²) in [4.78, 5) is 32.3. The number of carbonyl (C=O) groups is 2. The molecule has 4 rings (SSSR count). The van der Waals surface area contributed by atoms with Crippen molar-refractivity contribution in [1.82, 2.24) is 9.97 Å². The summed E-state index contributed by atoms with van der Waals surface area (Å²) in [6, 6.07) is 20.7. The van der Waals surface area contributed by atoms with Gasteiger partial charge in [-0.2, -0.15) is 0 Å². The first-order chi connectivity index (χ1) is 18.3. The van der Waals surface area contributed by atoms with Gasteiger partial charge in [-0.15, -0.1) is 0 Å². The molecule has 2 aromatic carbocycles. The lowest BCUT2D eigenvalue weighted by Crippen LogP contribution is -2.18. The zero-order valence-corrected chi connectivity index (χ0v) is 23.0. The van der Waals surface area contributed by atoms with E-state index in [-0.39, 0.29) is 23.8 Å². The van der Waals surface area contributed by atoms with Gasteiger partial charge in [-0.3, -0.25) is 0 Å². The number of esters is 2. The van der Waals surface area contributed by atoms with E-state index in [1.807, 2.05) is 64.1 Å². The Balaban J connectivity index is 2.03. The molecule has 6 heteroatoms. The Hall–Kier alpha value is -4.06. The molecule has 0 spiro atoms. The van der Waals surface area contributed by atoms with Crippen LogP contribution in [0, 0.1) is 27.7 Å². The maximum absolute atomic E-state index is 12.8. The van der Waals surface area contributed by atoms with Gasteiger partial charge in [-0.25, -0.2) is 9.59 Å². The molecule has 0 unspecified atom stereocenters. The molecule has 0 saturated carbocycles. The van der Waals surface area contributed by atoms with Crippen molar-refractivity contribution in [3.63, 3.8) is 0 Å². The van der Waals surface area contributed by atoms with Crippen molar-refractivity contribution in [2.24, 2.45) is 0 Å². The number of aromatic amines is 2. The maximum atomic E-state index is 12.8. The highest BCUT2D eigenvalue weighted by Gasteiger charge is 2.36. The molecule has 0 amide bonds. The number of H-pyrrole nitrogens is 2. The molecule has 4 aromatic rings. The Morgan fingerprint density at radius 2 is 0.974 bits per heavy atom. The van der Waals surface area contributed by atoms with E-state index in [1.165, 1.54) is 0 Å². The first kappa shape index (κ1) is 27.0. The van der Waals surface area contributed by atoms with Crippen molar-refractivity contribution in [3.8, 4) is 0 Å². The molecule has 198 valence electrons. The number of aromatic nitrogens is 2. The van der Waals surface area contributed by atoms with Gasteiger partial charge in [-0.1, -0.05) is 60.7 Å². The van der Waals surface area contributed by atoms with Crippen LogP contribution in [0.25, 0.3) is 0 Å². The summed E-state index contributed by atoms with van der Waals surface area (Å²) in [5.41, 5.74) is 8.83. The third-order valence-electron chi connectivity index (χ3n) is 7.22. The lowest BCUT2D eigenvalue weighted by atomic mass is 9.71. The second-order valence-electron chi connectivity index (χ2n) is 9.54. The molecule has 38 heavy (non-hydrogen) atoms. The summed E-state index contributed by atoms with van der Waals surface area (Å²) in [6.45, 7) is 12.2. The summed E-state index contributed by atoms with van der Waals surface area (Å²) in [7, 11) is 0. The molecule has 0 saturated heterocycles. The Labute approximate surface area is 224 Å². The number of aryl methyl sites for hydroxylation is 2. The number of carbonyl (C=O) groups excluding carboxylic acids is 2. The van der Waals surface area contributed by atoms with Gasteiger partial charge in [0, 0.05) is 23.2 Å². The smallest absolute Gasteiger partial charge is 0.355 e. The van der Waals surface area contributed by atoms with Crippen molar-refractivity contribution in [1.29, 1.82) is 0 Å². The molecule has 0 radical (unpaired) electrons. The van der Waals surface area contributed by atoms with Crippen LogP contribution >= 0.6 is 0 Å². The maximum Gasteiger partial charge on any atom is 0.355 e. The minimum atomic E-state index is -0.360. The summed E-state index contributed by atoms with van der Waals surface area (Å²) in [5, 5.41) is 0. The van der Waals surface area contributed by atoms with E-state index in [0.29, 0.717) is 24.6 Å². The Morgan fingerprint density at radius 1 is 0.632 bits per heavy atom. The van der Waals surface area contributed by atoms with Gasteiger partial charge < -0.3 is 19.4 Å². The van der Waals surface area contributed by atoms with E-state index in [4.69, 9.17) is 9.47 Å². The number of hydrogen-bond acceptors (Lipinski definition) is 4. The predicted molar refractivity (Wildman–Crippen MR) is 149 cm³/mol. The molecule has 0 aliphatic rings. The lowest BCUT2D eigenvalue weighted by molar-refractivity contribution is 0.0509. The van der Waals surface area contributed by atoms with Gasteiger partial charge in [0.1, 0.15) is 11.4 Å². The summed E-state index contributed by atoms with van der Waals surface area (Å²) < 4.78 is 10.7. The topological polar surface area (TPSA) is 84.2 Å². The fourth-order valence-corrected chi connectivity index (χ4v) is 5.65. The number of rotatable bonds is 9. The van der Waals surface area contributed by atoms with E-state index in [2.05, 4.69) is 34.2 Å². The van der Waals surface area contributed by atoms with Crippen LogP contribution in [0.3, 0.4) is 0 Å². The first-order valence-corrected chi connectivity index (χ1v) is 13.1. The fraction of sp³-hybridized carbons (Fsp3) is 0.312. The molecule has 0 fully saturated rings. The second kappa shape index (κ2) is 11.5. The van der Waals surface area contributed by atoms with E-state index in [9.17, 15) is 9.59 Å². The van der Waals surface area contributed by atoms with Crippen LogP contribution < -0.4 is 0 Å². The monoisotopic (exact) mass is 512 g/mol. The number of nitrogens with one attached hydrogen (secondary N) is 2. The number of benzene rings is 2. The van der Waals surface area contributed by atoms with E-state index >= 15 is 0 Å². The molecule has 0 aliphatic heterocycles. The van der Waals surface area contributed by atoms with Gasteiger partial charge >= 0.3 is 11.9 Å². The third-order valence-corrected chi connectivity index (χ3v) is 7.22. The molecular weight excluding hydrogens is 476 g/mol. The molecule has 0 aliphatic carbocycles. The Bertz CT molecular complexity index is 1310. The van der Waals surface area contributed by atoms with Crippen LogP contribution in [-0.4, -0.2) is 35.1 Å². The largest absolute Gasteiger partial charge is 0.461 e. The average molecular weight is 513 g/mol. The van der Waals surface area contributed by atoms with Crippen LogP contribution in [-0.2, 0) is 9.47 Å². The van der Waals surface area contributed by atoms with Gasteiger partial charge in [0.2, 0.25) is 0 Å². The van der Waals surface area contributed by atoms with E-state index < -0.39 is 0 Å². The SMILES string of the molecule is CCOC(=O)c1[nH]c(C)c([C@H](c2ccccc2)[C@@H](c2ccccc2)c2c(C)[nH]c(C(=O)OCC)c2C)c1C. The zero-order chi connectivity index (χ0) is 27.4. The normalized spacial score (nSPS) is 12.7. The molecule has 2 atom stereocenters. The van der Waals surface area contributed by atoms with Gasteiger partial charge in [-0.05, 0) is 74.9 Å². The lowest BCUT2D eigenvalue weighted by Gasteiger charge is -2.31. The van der Waals surface area contributed by atoms with Crippen LogP contribution in [0.2, 0.25) is 0 Å². The van der Waals surface area contributed by atoms with Crippen molar-refractivity contribution in [2.45, 2.75) is 53.4 Å². The highest BCUT2D eigenvalue weighted by molar-refractivity contribution is 5.91. The quantitative estimate of drug-likeness (QED) is 0.239. The first-order valence-electron chi connectivity index (χ1n) is 13.1. The van der Waals surface area contributed by atoms with Gasteiger partial charge in [0.15, 0.2) is 0 Å². The molecule has 0 bridgehead atoms. The molecule has 2 N–H and O–H groups in total. The molecule has 6 nitrogen and oxygen atoms in total. The fourth-order valence-electron chi connectivity index (χ4n) is 5.65. The van der Waals surface area contributed by atoms with Crippen molar-refractivity contribution in [2.75, 3.05) is 13.2 Å². The Morgan fingerprint density at radius 3 is 1.29 bits per heavy atom. The number of hydrogen-bond donors (Lipinski definition) is 2. The van der Waals surface area contributed by atoms with Crippen LogP contribution in [0.4, 0.5) is 0 Å². The van der Waals surface area contributed by atoms with Crippen LogP contribution in [0.1, 0.15) is 91.4 Å². The minimum Gasteiger partial charge on any atom is -0.461 e. The second-order valence-corrected chi connectivity index (χ2v) is 9.54. The van der Waals surface area contributed by atoms with Gasteiger partial charge in [0.25, 0.3) is 0 Å². The van der Waals surface area contributed by atoms with Crippen molar-refractivity contribution < 1.29 is 19.1 Å². The van der Waals surface area contributed by atoms with E-state index in [0.717, 1.165) is 44.8 Å². The molecule has 2 heterocycles. The highest BCUT2D eigenvalue weighted by Crippen LogP contribution is 2.47.